The predicted molar refractivity (Wildman–Crippen MR) is 128 cm³/mol. The van der Waals surface area contributed by atoms with E-state index in [0.717, 1.165) is 69.7 Å². The van der Waals surface area contributed by atoms with E-state index in [1.807, 2.05) is 24.3 Å². The quantitative estimate of drug-likeness (QED) is 0.353. The third-order valence-corrected chi connectivity index (χ3v) is 5.78. The first kappa shape index (κ1) is 19.5. The van der Waals surface area contributed by atoms with Crippen molar-refractivity contribution in [1.29, 1.82) is 0 Å². The van der Waals surface area contributed by atoms with Gasteiger partial charge >= 0.3 is 0 Å². The molecule has 3 aromatic heterocycles. The van der Waals surface area contributed by atoms with Gasteiger partial charge < -0.3 is 15.1 Å². The van der Waals surface area contributed by atoms with Crippen molar-refractivity contribution in [3.63, 3.8) is 0 Å². The molecule has 2 aliphatic rings. The zero-order chi connectivity index (χ0) is 21.2. The van der Waals surface area contributed by atoms with Crippen LogP contribution in [0.4, 0.5) is 0 Å². The van der Waals surface area contributed by atoms with Crippen molar-refractivity contribution in [3.05, 3.63) is 70.8 Å². The SMILES string of the molecule is CCCC(CO)Cc1c2nc(cc3ccc(cc4nc(cc5ccc1[nH]5)C=C4)[nH]3)C=C2. The number of hydrogen-bond donors (Lipinski definition) is 3. The monoisotopic (exact) mass is 410 g/mol. The second kappa shape index (κ2) is 8.36. The van der Waals surface area contributed by atoms with Crippen LogP contribution < -0.4 is 0 Å². The van der Waals surface area contributed by atoms with E-state index >= 15 is 0 Å². The highest BCUT2D eigenvalue weighted by Gasteiger charge is 2.14. The Hall–Kier alpha value is -3.44. The second-order valence-electron chi connectivity index (χ2n) is 8.20. The Bertz CT molecular complexity index is 1330. The zero-order valence-corrected chi connectivity index (χ0v) is 17.6. The van der Waals surface area contributed by atoms with Crippen LogP contribution in [0.1, 0.15) is 48.1 Å². The van der Waals surface area contributed by atoms with Gasteiger partial charge in [-0.05, 0) is 85.5 Å². The molecule has 3 N–H and O–H groups in total. The molecule has 5 nitrogen and oxygen atoms in total. The summed E-state index contributed by atoms with van der Waals surface area (Å²) in [5.74, 6) is 0.214. The van der Waals surface area contributed by atoms with Gasteiger partial charge in [-0.2, -0.15) is 0 Å². The summed E-state index contributed by atoms with van der Waals surface area (Å²) in [7, 11) is 0. The number of aliphatic hydroxyl groups is 1. The van der Waals surface area contributed by atoms with Gasteiger partial charge in [0.1, 0.15) is 0 Å². The van der Waals surface area contributed by atoms with Gasteiger partial charge in [0.2, 0.25) is 0 Å². The summed E-state index contributed by atoms with van der Waals surface area (Å²) in [6.07, 6.45) is 11.0. The smallest absolute Gasteiger partial charge is 0.0690 e. The third kappa shape index (κ3) is 4.23. The zero-order valence-electron chi connectivity index (χ0n) is 17.6. The Morgan fingerprint density at radius 2 is 1.42 bits per heavy atom. The van der Waals surface area contributed by atoms with Crippen molar-refractivity contribution in [3.8, 4) is 0 Å². The van der Waals surface area contributed by atoms with Crippen LogP contribution in [0.25, 0.3) is 46.4 Å². The lowest BCUT2D eigenvalue weighted by molar-refractivity contribution is 0.217. The van der Waals surface area contributed by atoms with E-state index in [9.17, 15) is 5.11 Å². The number of aromatic nitrogens is 4. The van der Waals surface area contributed by atoms with E-state index in [1.165, 1.54) is 0 Å². The maximum absolute atomic E-state index is 9.91. The number of rotatable bonds is 5. The number of hydrogen-bond acceptors (Lipinski definition) is 3. The highest BCUT2D eigenvalue weighted by Crippen LogP contribution is 2.24. The van der Waals surface area contributed by atoms with Gasteiger partial charge in [0.25, 0.3) is 0 Å². The average molecular weight is 411 g/mol. The summed E-state index contributed by atoms with van der Waals surface area (Å²) in [6, 6.07) is 14.4. The number of aliphatic hydroxyl groups excluding tert-OH is 1. The van der Waals surface area contributed by atoms with Crippen LogP contribution in [-0.2, 0) is 6.42 Å². The van der Waals surface area contributed by atoms with Crippen molar-refractivity contribution < 1.29 is 5.11 Å². The molecule has 0 radical (unpaired) electrons. The van der Waals surface area contributed by atoms with Crippen molar-refractivity contribution in [2.45, 2.75) is 26.2 Å². The van der Waals surface area contributed by atoms with E-state index in [4.69, 9.17) is 9.97 Å². The lowest BCUT2D eigenvalue weighted by Crippen LogP contribution is -2.10. The van der Waals surface area contributed by atoms with E-state index in [0.29, 0.717) is 0 Å². The Balaban J connectivity index is 1.77. The minimum absolute atomic E-state index is 0.179. The summed E-state index contributed by atoms with van der Waals surface area (Å²) >= 11 is 0. The van der Waals surface area contributed by atoms with Crippen molar-refractivity contribution in [2.75, 3.05) is 6.61 Å². The Morgan fingerprint density at radius 3 is 2.10 bits per heavy atom. The van der Waals surface area contributed by atoms with Crippen LogP contribution in [0.2, 0.25) is 0 Å². The molecule has 0 saturated carbocycles. The standard InChI is InChI=1S/C26H26N4O/c1-2-3-17(16-31)12-24-25-10-8-22(29-25)14-20-6-4-18(27-20)13-19-5-7-21(28-19)15-23-9-11-26(24)30-23/h4-11,13-15,17,27,30-31H,2-3,12,16H2,1H3. The number of nitrogens with zero attached hydrogens (tertiary/aromatic N) is 2. The second-order valence-corrected chi connectivity index (χ2v) is 8.20. The molecule has 31 heavy (non-hydrogen) atoms. The van der Waals surface area contributed by atoms with Crippen molar-refractivity contribution in [2.24, 2.45) is 5.92 Å². The number of aromatic amines is 2. The summed E-state index contributed by atoms with van der Waals surface area (Å²) < 4.78 is 0. The normalized spacial score (nSPS) is 13.6. The lowest BCUT2D eigenvalue weighted by Gasteiger charge is -2.13. The van der Waals surface area contributed by atoms with Crippen LogP contribution in [0.3, 0.4) is 0 Å². The van der Waals surface area contributed by atoms with Crippen LogP contribution >= 0.6 is 0 Å². The first-order valence-corrected chi connectivity index (χ1v) is 10.9. The highest BCUT2D eigenvalue weighted by atomic mass is 16.3. The molecule has 0 aliphatic carbocycles. The van der Waals surface area contributed by atoms with E-state index in [1.54, 1.807) is 0 Å². The van der Waals surface area contributed by atoms with E-state index in [-0.39, 0.29) is 12.5 Å². The minimum Gasteiger partial charge on any atom is -0.396 e. The molecule has 2 aliphatic heterocycles. The summed E-state index contributed by atoms with van der Waals surface area (Å²) in [4.78, 5) is 16.6. The summed E-state index contributed by atoms with van der Waals surface area (Å²) in [6.45, 7) is 2.34. The third-order valence-electron chi connectivity index (χ3n) is 5.78. The first-order chi connectivity index (χ1) is 15.2. The van der Waals surface area contributed by atoms with E-state index < -0.39 is 0 Å². The van der Waals surface area contributed by atoms with Crippen molar-refractivity contribution in [1.82, 2.24) is 19.9 Å². The molecule has 5 heterocycles. The summed E-state index contributed by atoms with van der Waals surface area (Å²) in [5, 5.41) is 9.91. The fourth-order valence-corrected chi connectivity index (χ4v) is 4.24. The van der Waals surface area contributed by atoms with Gasteiger partial charge in [0.15, 0.2) is 0 Å². The van der Waals surface area contributed by atoms with Crippen LogP contribution in [0.15, 0.2) is 42.5 Å². The van der Waals surface area contributed by atoms with Crippen LogP contribution in [-0.4, -0.2) is 31.6 Å². The molecule has 0 aromatic carbocycles. The Morgan fingerprint density at radius 1 is 0.806 bits per heavy atom. The van der Waals surface area contributed by atoms with Gasteiger partial charge in [0, 0.05) is 34.2 Å². The molecule has 1 atom stereocenters. The first-order valence-electron chi connectivity index (χ1n) is 10.9. The predicted octanol–water partition coefficient (Wildman–Crippen LogP) is 5.61. The Labute approximate surface area is 181 Å². The van der Waals surface area contributed by atoms with Gasteiger partial charge in [-0.25, -0.2) is 9.97 Å². The summed E-state index contributed by atoms with van der Waals surface area (Å²) in [5.41, 5.74) is 8.89. The molecule has 8 bridgehead atoms. The molecular formula is C26H26N4O. The molecule has 0 amide bonds. The average Bonchev–Trinajstić information content (AvgIpc) is 3.55. The molecular weight excluding hydrogens is 384 g/mol. The maximum Gasteiger partial charge on any atom is 0.0690 e. The van der Waals surface area contributed by atoms with E-state index in [2.05, 4.69) is 59.4 Å². The van der Waals surface area contributed by atoms with Gasteiger partial charge in [-0.15, -0.1) is 0 Å². The van der Waals surface area contributed by atoms with Crippen LogP contribution in [0, 0.1) is 5.92 Å². The van der Waals surface area contributed by atoms with Gasteiger partial charge in [0.05, 0.1) is 22.8 Å². The highest BCUT2D eigenvalue weighted by molar-refractivity contribution is 5.79. The van der Waals surface area contributed by atoms with Gasteiger partial charge in [-0.1, -0.05) is 13.3 Å². The molecule has 0 saturated heterocycles. The van der Waals surface area contributed by atoms with Gasteiger partial charge in [-0.3, -0.25) is 0 Å². The molecule has 3 aromatic rings. The largest absolute Gasteiger partial charge is 0.396 e. The number of H-pyrrole nitrogens is 2. The van der Waals surface area contributed by atoms with Crippen molar-refractivity contribution >= 4 is 46.4 Å². The number of nitrogens with one attached hydrogen (secondary N) is 2. The fourth-order valence-electron chi connectivity index (χ4n) is 4.24. The molecule has 0 spiro atoms. The lowest BCUT2D eigenvalue weighted by atomic mass is 9.95. The molecule has 0 fully saturated rings. The van der Waals surface area contributed by atoms with Crippen LogP contribution in [0.5, 0.6) is 0 Å². The molecule has 156 valence electrons. The maximum atomic E-state index is 9.91. The molecule has 5 heteroatoms. The number of fused-ring (bicyclic) bond motifs is 8. The Kier molecular flexibility index (Phi) is 5.26. The fraction of sp³-hybridized carbons (Fsp3) is 0.231. The topological polar surface area (TPSA) is 77.6 Å². The molecule has 5 rings (SSSR count). The molecule has 1 unspecified atom stereocenters. The minimum atomic E-state index is 0.179.